The number of hydrogen-bond acceptors (Lipinski definition) is 4. The standard InChI is InChI=1S/C12H16F2N2O3S/c1-12(2,7-10(15)17)16-8-5-3-4-6-9(8)20(18,19)11(13)14/h3-6,11,16H,7H2,1-2H3,(H2,15,17). The van der Waals surface area contributed by atoms with E-state index in [-0.39, 0.29) is 12.1 Å². The van der Waals surface area contributed by atoms with E-state index >= 15 is 0 Å². The number of sulfone groups is 1. The summed E-state index contributed by atoms with van der Waals surface area (Å²) in [6.45, 7) is 3.23. The Morgan fingerprint density at radius 3 is 2.40 bits per heavy atom. The molecule has 0 aliphatic carbocycles. The van der Waals surface area contributed by atoms with Crippen molar-refractivity contribution in [3.05, 3.63) is 24.3 Å². The number of nitrogens with one attached hydrogen (secondary N) is 1. The Balaban J connectivity index is 3.19. The lowest BCUT2D eigenvalue weighted by molar-refractivity contribution is -0.118. The number of para-hydroxylation sites is 1. The van der Waals surface area contributed by atoms with Gasteiger partial charge in [0, 0.05) is 12.0 Å². The Labute approximate surface area is 116 Å². The van der Waals surface area contributed by atoms with Crippen LogP contribution in [0.5, 0.6) is 0 Å². The molecule has 0 radical (unpaired) electrons. The van der Waals surface area contributed by atoms with Crippen LogP contribution in [-0.2, 0) is 14.6 Å². The quantitative estimate of drug-likeness (QED) is 0.838. The van der Waals surface area contributed by atoms with Gasteiger partial charge in [0.15, 0.2) is 0 Å². The van der Waals surface area contributed by atoms with Gasteiger partial charge in [-0.3, -0.25) is 4.79 Å². The van der Waals surface area contributed by atoms with Crippen molar-refractivity contribution in [2.45, 2.75) is 36.5 Å². The van der Waals surface area contributed by atoms with E-state index in [0.29, 0.717) is 0 Å². The third kappa shape index (κ3) is 3.89. The zero-order chi connectivity index (χ0) is 15.6. The second-order valence-electron chi connectivity index (χ2n) is 4.95. The summed E-state index contributed by atoms with van der Waals surface area (Å²) >= 11 is 0. The second-order valence-corrected chi connectivity index (χ2v) is 6.84. The van der Waals surface area contributed by atoms with Crippen LogP contribution in [-0.4, -0.2) is 25.6 Å². The van der Waals surface area contributed by atoms with Crippen LogP contribution in [0.25, 0.3) is 0 Å². The van der Waals surface area contributed by atoms with Crippen LogP contribution in [0.3, 0.4) is 0 Å². The van der Waals surface area contributed by atoms with Crippen LogP contribution < -0.4 is 11.1 Å². The maximum Gasteiger partial charge on any atom is 0.341 e. The molecular weight excluding hydrogens is 290 g/mol. The lowest BCUT2D eigenvalue weighted by atomic mass is 10.00. The first-order valence-corrected chi connectivity index (χ1v) is 7.28. The highest BCUT2D eigenvalue weighted by molar-refractivity contribution is 7.91. The van der Waals surface area contributed by atoms with Gasteiger partial charge in [0.05, 0.1) is 10.6 Å². The number of alkyl halides is 2. The summed E-state index contributed by atoms with van der Waals surface area (Å²) in [5.74, 6) is -4.10. The van der Waals surface area contributed by atoms with E-state index in [1.807, 2.05) is 0 Å². The van der Waals surface area contributed by atoms with Crippen molar-refractivity contribution in [1.82, 2.24) is 0 Å². The van der Waals surface area contributed by atoms with E-state index in [1.54, 1.807) is 13.8 Å². The first-order valence-electron chi connectivity index (χ1n) is 5.74. The minimum absolute atomic E-state index is 0.0130. The third-order valence-electron chi connectivity index (χ3n) is 2.52. The summed E-state index contributed by atoms with van der Waals surface area (Å²) in [4.78, 5) is 10.4. The van der Waals surface area contributed by atoms with E-state index in [1.165, 1.54) is 18.2 Å². The smallest absolute Gasteiger partial charge is 0.341 e. The van der Waals surface area contributed by atoms with Gasteiger partial charge in [0.1, 0.15) is 0 Å². The highest BCUT2D eigenvalue weighted by Crippen LogP contribution is 2.28. The van der Waals surface area contributed by atoms with Crippen molar-refractivity contribution in [2.24, 2.45) is 5.73 Å². The Bertz CT molecular complexity index is 600. The van der Waals surface area contributed by atoms with E-state index < -0.39 is 31.9 Å². The fourth-order valence-electron chi connectivity index (χ4n) is 1.76. The zero-order valence-electron chi connectivity index (χ0n) is 11.1. The summed E-state index contributed by atoms with van der Waals surface area (Å²) in [7, 11) is -4.72. The van der Waals surface area contributed by atoms with Gasteiger partial charge in [-0.1, -0.05) is 12.1 Å². The molecule has 3 N–H and O–H groups in total. The molecule has 1 aromatic carbocycles. The fraction of sp³-hybridized carbons (Fsp3) is 0.417. The molecule has 20 heavy (non-hydrogen) atoms. The molecule has 0 saturated heterocycles. The summed E-state index contributed by atoms with van der Waals surface area (Å²) in [5.41, 5.74) is 4.24. The SMILES string of the molecule is CC(C)(CC(N)=O)Nc1ccccc1S(=O)(=O)C(F)F. The number of carbonyl (C=O) groups excluding carboxylic acids is 1. The first-order chi connectivity index (χ1) is 9.06. The van der Waals surface area contributed by atoms with E-state index in [0.717, 1.165) is 6.07 Å². The normalized spacial score (nSPS) is 12.4. The Morgan fingerprint density at radius 2 is 1.90 bits per heavy atom. The topological polar surface area (TPSA) is 89.3 Å². The summed E-state index contributed by atoms with van der Waals surface area (Å²) in [6, 6.07) is 5.30. The molecule has 0 bridgehead atoms. The van der Waals surface area contributed by atoms with Gasteiger partial charge in [0.2, 0.25) is 15.7 Å². The molecule has 112 valence electrons. The molecule has 0 unspecified atom stereocenters. The van der Waals surface area contributed by atoms with Gasteiger partial charge in [-0.25, -0.2) is 8.42 Å². The van der Waals surface area contributed by atoms with Crippen molar-refractivity contribution in [3.63, 3.8) is 0 Å². The number of carbonyl (C=O) groups is 1. The predicted molar refractivity (Wildman–Crippen MR) is 71.1 cm³/mol. The number of hydrogen-bond donors (Lipinski definition) is 2. The molecule has 1 rings (SSSR count). The largest absolute Gasteiger partial charge is 0.379 e. The molecule has 5 nitrogen and oxygen atoms in total. The monoisotopic (exact) mass is 306 g/mol. The van der Waals surface area contributed by atoms with Crippen LogP contribution in [0.15, 0.2) is 29.2 Å². The average Bonchev–Trinajstić information content (AvgIpc) is 2.26. The molecule has 0 fully saturated rings. The van der Waals surface area contributed by atoms with Gasteiger partial charge >= 0.3 is 5.76 Å². The second kappa shape index (κ2) is 5.74. The van der Waals surface area contributed by atoms with Crippen LogP contribution in [0.2, 0.25) is 0 Å². The van der Waals surface area contributed by atoms with Gasteiger partial charge < -0.3 is 11.1 Å². The summed E-state index contributed by atoms with van der Waals surface area (Å²) in [5, 5.41) is 2.77. The number of rotatable bonds is 6. The Kier molecular flexibility index (Phi) is 4.69. The average molecular weight is 306 g/mol. The van der Waals surface area contributed by atoms with Crippen LogP contribution in [0.1, 0.15) is 20.3 Å². The zero-order valence-corrected chi connectivity index (χ0v) is 11.9. The van der Waals surface area contributed by atoms with E-state index in [4.69, 9.17) is 5.73 Å². The molecule has 0 atom stereocenters. The third-order valence-corrected chi connectivity index (χ3v) is 3.96. The van der Waals surface area contributed by atoms with Gasteiger partial charge in [0.25, 0.3) is 0 Å². The number of nitrogens with two attached hydrogens (primary N) is 1. The van der Waals surface area contributed by atoms with Crippen molar-refractivity contribution in [1.29, 1.82) is 0 Å². The molecule has 0 aliphatic heterocycles. The summed E-state index contributed by atoms with van der Waals surface area (Å²) in [6.07, 6.45) is -0.0734. The molecule has 1 aromatic rings. The minimum atomic E-state index is -4.72. The van der Waals surface area contributed by atoms with E-state index in [9.17, 15) is 22.0 Å². The number of amides is 1. The van der Waals surface area contributed by atoms with Crippen LogP contribution >= 0.6 is 0 Å². The highest BCUT2D eigenvalue weighted by Gasteiger charge is 2.31. The molecule has 0 heterocycles. The first kappa shape index (κ1) is 16.4. The molecule has 0 saturated carbocycles. The molecular formula is C12H16F2N2O3S. The number of primary amides is 1. The molecule has 0 spiro atoms. The molecule has 0 aromatic heterocycles. The molecule has 1 amide bonds. The van der Waals surface area contributed by atoms with Gasteiger partial charge in [-0.2, -0.15) is 8.78 Å². The lowest BCUT2D eigenvalue weighted by Gasteiger charge is -2.27. The van der Waals surface area contributed by atoms with E-state index in [2.05, 4.69) is 5.32 Å². The Morgan fingerprint density at radius 1 is 1.35 bits per heavy atom. The number of halogens is 2. The van der Waals surface area contributed by atoms with Gasteiger partial charge in [-0.05, 0) is 26.0 Å². The maximum absolute atomic E-state index is 12.6. The van der Waals surface area contributed by atoms with Crippen molar-refractivity contribution in [2.75, 3.05) is 5.32 Å². The lowest BCUT2D eigenvalue weighted by Crippen LogP contribution is -2.36. The minimum Gasteiger partial charge on any atom is -0.379 e. The number of benzene rings is 1. The fourth-order valence-corrected chi connectivity index (χ4v) is 2.64. The van der Waals surface area contributed by atoms with Crippen LogP contribution in [0.4, 0.5) is 14.5 Å². The Hall–Kier alpha value is -1.70. The summed E-state index contributed by atoms with van der Waals surface area (Å²) < 4.78 is 48.4. The van der Waals surface area contributed by atoms with Crippen molar-refractivity contribution in [3.8, 4) is 0 Å². The number of anilines is 1. The predicted octanol–water partition coefficient (Wildman–Crippen LogP) is 1.75. The van der Waals surface area contributed by atoms with Crippen molar-refractivity contribution >= 4 is 21.4 Å². The maximum atomic E-state index is 12.6. The van der Waals surface area contributed by atoms with Crippen LogP contribution in [0, 0.1) is 0 Å². The molecule has 0 aliphatic rings. The highest BCUT2D eigenvalue weighted by atomic mass is 32.2. The van der Waals surface area contributed by atoms with Gasteiger partial charge in [-0.15, -0.1) is 0 Å². The molecule has 8 heteroatoms. The van der Waals surface area contributed by atoms with Crippen molar-refractivity contribution < 1.29 is 22.0 Å².